The molecule has 0 unspecified atom stereocenters. The third kappa shape index (κ3) is 2.72. The zero-order valence-electron chi connectivity index (χ0n) is 9.37. The number of carbonyl (C=O) groups excluding carboxylic acids is 1. The number of esters is 1. The largest absolute Gasteiger partial charge is 0.494 e. The summed E-state index contributed by atoms with van der Waals surface area (Å²) >= 11 is 0. The summed E-state index contributed by atoms with van der Waals surface area (Å²) in [5, 5.41) is 0. The maximum atomic E-state index is 11.4. The van der Waals surface area contributed by atoms with Crippen LogP contribution >= 0.6 is 0 Å². The molecular formula is C12H16O3. The molecule has 1 aromatic carbocycles. The summed E-state index contributed by atoms with van der Waals surface area (Å²) in [6.07, 6.45) is 0.783. The van der Waals surface area contributed by atoms with E-state index in [0.29, 0.717) is 12.2 Å². The quantitative estimate of drug-likeness (QED) is 0.713. The monoisotopic (exact) mass is 208 g/mol. The van der Waals surface area contributed by atoms with Gasteiger partial charge in [-0.3, -0.25) is 0 Å². The van der Waals surface area contributed by atoms with Crippen LogP contribution in [0.4, 0.5) is 0 Å². The second-order valence-electron chi connectivity index (χ2n) is 3.10. The molecule has 0 spiro atoms. The Morgan fingerprint density at radius 2 is 2.07 bits per heavy atom. The number of benzene rings is 1. The first-order valence-corrected chi connectivity index (χ1v) is 5.07. The van der Waals surface area contributed by atoms with E-state index in [1.807, 2.05) is 19.9 Å². The lowest BCUT2D eigenvalue weighted by Gasteiger charge is -2.09. The molecule has 0 amide bonds. The SMILES string of the molecule is CCOc1ccc(C(=O)OC)c(CC)c1. The van der Waals surface area contributed by atoms with Gasteiger partial charge in [-0.1, -0.05) is 6.92 Å². The Balaban J connectivity index is 3.03. The molecule has 0 aliphatic heterocycles. The Labute approximate surface area is 90.0 Å². The highest BCUT2D eigenvalue weighted by Crippen LogP contribution is 2.19. The van der Waals surface area contributed by atoms with Crippen LogP contribution in [0, 0.1) is 0 Å². The minimum atomic E-state index is -0.296. The minimum absolute atomic E-state index is 0.296. The fourth-order valence-electron chi connectivity index (χ4n) is 1.43. The molecule has 0 radical (unpaired) electrons. The highest BCUT2D eigenvalue weighted by atomic mass is 16.5. The van der Waals surface area contributed by atoms with Crippen LogP contribution < -0.4 is 4.74 Å². The van der Waals surface area contributed by atoms with Gasteiger partial charge in [0.15, 0.2) is 0 Å². The van der Waals surface area contributed by atoms with Crippen LogP contribution in [0.5, 0.6) is 5.75 Å². The van der Waals surface area contributed by atoms with Crippen LogP contribution in [0.3, 0.4) is 0 Å². The summed E-state index contributed by atoms with van der Waals surface area (Å²) in [7, 11) is 1.39. The molecule has 0 N–H and O–H groups in total. The van der Waals surface area contributed by atoms with Crippen molar-refractivity contribution in [2.45, 2.75) is 20.3 Å². The lowest BCUT2D eigenvalue weighted by molar-refractivity contribution is 0.0599. The first-order valence-electron chi connectivity index (χ1n) is 5.07. The van der Waals surface area contributed by atoms with Gasteiger partial charge >= 0.3 is 5.97 Å². The van der Waals surface area contributed by atoms with E-state index < -0.39 is 0 Å². The second kappa shape index (κ2) is 5.39. The molecule has 15 heavy (non-hydrogen) atoms. The second-order valence-corrected chi connectivity index (χ2v) is 3.10. The predicted octanol–water partition coefficient (Wildman–Crippen LogP) is 2.43. The van der Waals surface area contributed by atoms with Gasteiger partial charge in [-0.2, -0.15) is 0 Å². The zero-order chi connectivity index (χ0) is 11.3. The number of methoxy groups -OCH3 is 1. The van der Waals surface area contributed by atoms with E-state index in [0.717, 1.165) is 17.7 Å². The molecule has 0 atom stereocenters. The molecule has 82 valence electrons. The highest BCUT2D eigenvalue weighted by Gasteiger charge is 2.11. The molecule has 0 fully saturated rings. The molecule has 0 heterocycles. The average molecular weight is 208 g/mol. The molecule has 3 nitrogen and oxygen atoms in total. The normalized spacial score (nSPS) is 9.80. The topological polar surface area (TPSA) is 35.5 Å². The van der Waals surface area contributed by atoms with Crippen LogP contribution in [-0.2, 0) is 11.2 Å². The molecule has 1 aromatic rings. The fourth-order valence-corrected chi connectivity index (χ4v) is 1.43. The van der Waals surface area contributed by atoms with Crippen LogP contribution in [-0.4, -0.2) is 19.7 Å². The van der Waals surface area contributed by atoms with E-state index in [-0.39, 0.29) is 5.97 Å². The van der Waals surface area contributed by atoms with Gasteiger partial charge < -0.3 is 9.47 Å². The van der Waals surface area contributed by atoms with Crippen LogP contribution in [0.15, 0.2) is 18.2 Å². The summed E-state index contributed by atoms with van der Waals surface area (Å²) in [4.78, 5) is 11.4. The van der Waals surface area contributed by atoms with Crippen molar-refractivity contribution in [2.75, 3.05) is 13.7 Å². The van der Waals surface area contributed by atoms with Crippen molar-refractivity contribution in [3.63, 3.8) is 0 Å². The molecular weight excluding hydrogens is 192 g/mol. The van der Waals surface area contributed by atoms with E-state index in [1.54, 1.807) is 12.1 Å². The van der Waals surface area contributed by atoms with Crippen molar-refractivity contribution in [3.8, 4) is 5.75 Å². The first kappa shape index (κ1) is 11.6. The van der Waals surface area contributed by atoms with E-state index in [9.17, 15) is 4.79 Å². The van der Waals surface area contributed by atoms with Gasteiger partial charge in [0, 0.05) is 0 Å². The standard InChI is InChI=1S/C12H16O3/c1-4-9-8-10(15-5-2)6-7-11(9)12(13)14-3/h6-8H,4-5H2,1-3H3. The first-order chi connectivity index (χ1) is 7.22. The lowest BCUT2D eigenvalue weighted by Crippen LogP contribution is -2.05. The van der Waals surface area contributed by atoms with Gasteiger partial charge in [-0.15, -0.1) is 0 Å². The van der Waals surface area contributed by atoms with Crippen LogP contribution in [0.25, 0.3) is 0 Å². The number of hydrogen-bond acceptors (Lipinski definition) is 3. The van der Waals surface area contributed by atoms with E-state index in [2.05, 4.69) is 0 Å². The molecule has 0 aliphatic carbocycles. The number of aryl methyl sites for hydroxylation is 1. The zero-order valence-corrected chi connectivity index (χ0v) is 9.37. The third-order valence-corrected chi connectivity index (χ3v) is 2.17. The Kier molecular flexibility index (Phi) is 4.16. The summed E-state index contributed by atoms with van der Waals surface area (Å²) in [5.41, 5.74) is 1.57. The summed E-state index contributed by atoms with van der Waals surface area (Å²) in [6.45, 7) is 4.55. The number of carbonyl (C=O) groups is 1. The van der Waals surface area contributed by atoms with E-state index in [4.69, 9.17) is 9.47 Å². The molecule has 0 aliphatic rings. The van der Waals surface area contributed by atoms with E-state index >= 15 is 0 Å². The maximum absolute atomic E-state index is 11.4. The average Bonchev–Trinajstić information content (AvgIpc) is 2.28. The molecule has 0 bridgehead atoms. The number of ether oxygens (including phenoxy) is 2. The van der Waals surface area contributed by atoms with Crippen molar-refractivity contribution >= 4 is 5.97 Å². The smallest absolute Gasteiger partial charge is 0.338 e. The third-order valence-electron chi connectivity index (χ3n) is 2.17. The molecule has 3 heteroatoms. The van der Waals surface area contributed by atoms with Gasteiger partial charge in [0.05, 0.1) is 19.3 Å². The molecule has 0 saturated heterocycles. The van der Waals surface area contributed by atoms with Crippen molar-refractivity contribution in [1.82, 2.24) is 0 Å². The summed E-state index contributed by atoms with van der Waals surface area (Å²) < 4.78 is 10.1. The molecule has 1 rings (SSSR count). The summed E-state index contributed by atoms with van der Waals surface area (Å²) in [5.74, 6) is 0.497. The maximum Gasteiger partial charge on any atom is 0.338 e. The van der Waals surface area contributed by atoms with Gasteiger partial charge in [0.1, 0.15) is 5.75 Å². The Morgan fingerprint density at radius 1 is 1.33 bits per heavy atom. The van der Waals surface area contributed by atoms with Gasteiger partial charge in [-0.25, -0.2) is 4.79 Å². The molecule has 0 saturated carbocycles. The Morgan fingerprint density at radius 3 is 2.60 bits per heavy atom. The fraction of sp³-hybridized carbons (Fsp3) is 0.417. The lowest BCUT2D eigenvalue weighted by atomic mass is 10.1. The van der Waals surface area contributed by atoms with Crippen molar-refractivity contribution in [3.05, 3.63) is 29.3 Å². The van der Waals surface area contributed by atoms with Gasteiger partial charge in [0.2, 0.25) is 0 Å². The van der Waals surface area contributed by atoms with Crippen molar-refractivity contribution in [2.24, 2.45) is 0 Å². The summed E-state index contributed by atoms with van der Waals surface area (Å²) in [6, 6.07) is 5.42. The number of rotatable bonds is 4. The van der Waals surface area contributed by atoms with E-state index in [1.165, 1.54) is 7.11 Å². The highest BCUT2D eigenvalue weighted by molar-refractivity contribution is 5.91. The minimum Gasteiger partial charge on any atom is -0.494 e. The van der Waals surface area contributed by atoms with Gasteiger partial charge in [0.25, 0.3) is 0 Å². The Bertz CT molecular complexity index is 345. The van der Waals surface area contributed by atoms with Crippen LogP contribution in [0.1, 0.15) is 29.8 Å². The van der Waals surface area contributed by atoms with Gasteiger partial charge in [-0.05, 0) is 37.1 Å². The number of hydrogen-bond donors (Lipinski definition) is 0. The van der Waals surface area contributed by atoms with Crippen molar-refractivity contribution < 1.29 is 14.3 Å². The predicted molar refractivity (Wildman–Crippen MR) is 58.3 cm³/mol. The molecule has 0 aromatic heterocycles. The Hall–Kier alpha value is -1.51. The van der Waals surface area contributed by atoms with Crippen LogP contribution in [0.2, 0.25) is 0 Å². The van der Waals surface area contributed by atoms with Crippen molar-refractivity contribution in [1.29, 1.82) is 0 Å².